The number of aromatic nitrogens is 2. The van der Waals surface area contributed by atoms with E-state index >= 15 is 0 Å². The third-order valence-corrected chi connectivity index (χ3v) is 5.93. The highest BCUT2D eigenvalue weighted by Gasteiger charge is 2.35. The Morgan fingerprint density at radius 1 is 0.971 bits per heavy atom. The summed E-state index contributed by atoms with van der Waals surface area (Å²) in [5.41, 5.74) is 3.97. The quantitative estimate of drug-likeness (QED) is 0.302. The highest BCUT2D eigenvalue weighted by Crippen LogP contribution is 2.39. The van der Waals surface area contributed by atoms with Crippen LogP contribution in [0.2, 0.25) is 0 Å². The molecule has 0 unspecified atom stereocenters. The summed E-state index contributed by atoms with van der Waals surface area (Å²) in [5, 5.41) is 17.6. The molecular formula is C22H22F5N3O3S. The Kier molecular flexibility index (Phi) is 8.05. The lowest BCUT2D eigenvalue weighted by Gasteiger charge is -2.17. The lowest BCUT2D eigenvalue weighted by atomic mass is 10.1. The second-order valence-electron chi connectivity index (χ2n) is 7.71. The minimum atomic E-state index is -4.67. The van der Waals surface area contributed by atoms with Crippen LogP contribution in [0.15, 0.2) is 36.4 Å². The van der Waals surface area contributed by atoms with Gasteiger partial charge in [0.05, 0.1) is 30.9 Å². The van der Waals surface area contributed by atoms with E-state index in [1.807, 2.05) is 0 Å². The summed E-state index contributed by atoms with van der Waals surface area (Å²) in [6, 6.07) is 6.36. The van der Waals surface area contributed by atoms with Crippen LogP contribution in [0, 0.1) is 11.6 Å². The summed E-state index contributed by atoms with van der Waals surface area (Å²) in [4.78, 5) is 0. The molecule has 0 aliphatic rings. The van der Waals surface area contributed by atoms with Gasteiger partial charge in [0.1, 0.15) is 33.1 Å². The first kappa shape index (κ1) is 25.8. The number of rotatable bonds is 10. The summed E-state index contributed by atoms with van der Waals surface area (Å²) in [5.74, 6) is -1.84. The Morgan fingerprint density at radius 2 is 1.62 bits per heavy atom. The van der Waals surface area contributed by atoms with Crippen LogP contribution < -0.4 is 15.2 Å². The van der Waals surface area contributed by atoms with Gasteiger partial charge in [-0.2, -0.15) is 13.2 Å². The SMILES string of the molecule is C[C@](N)(CO)c1nnc(-c2ccc(OCCCCOc3cc(F)cc(F)c3)c(C(F)(F)F)c2)s1. The summed E-state index contributed by atoms with van der Waals surface area (Å²) in [6.45, 7) is 1.24. The Balaban J connectivity index is 1.61. The van der Waals surface area contributed by atoms with Crippen molar-refractivity contribution < 1.29 is 36.5 Å². The second kappa shape index (κ2) is 10.6. The van der Waals surface area contributed by atoms with E-state index in [-0.39, 0.29) is 35.3 Å². The predicted octanol–water partition coefficient (Wildman–Crippen LogP) is 4.91. The fourth-order valence-corrected chi connectivity index (χ4v) is 3.73. The standard InChI is InChI=1S/C22H22F5N3O3S/c1-21(28,12-31)20-30-29-19(34-20)13-4-5-18(17(8-13)22(25,26)27)33-7-3-2-6-32-16-10-14(23)9-15(24)11-16/h4-5,8-11,31H,2-3,6-7,12,28H2,1H3/t21-/m0/s1. The lowest BCUT2D eigenvalue weighted by molar-refractivity contribution is -0.138. The topological polar surface area (TPSA) is 90.5 Å². The molecule has 0 amide bonds. The summed E-state index contributed by atoms with van der Waals surface area (Å²) < 4.78 is 77.7. The van der Waals surface area contributed by atoms with Crippen molar-refractivity contribution in [2.75, 3.05) is 19.8 Å². The van der Waals surface area contributed by atoms with Crippen molar-refractivity contribution in [3.8, 4) is 22.1 Å². The number of halogens is 5. The predicted molar refractivity (Wildman–Crippen MR) is 116 cm³/mol. The molecule has 0 aliphatic carbocycles. The van der Waals surface area contributed by atoms with E-state index in [9.17, 15) is 27.1 Å². The van der Waals surface area contributed by atoms with Crippen LogP contribution >= 0.6 is 11.3 Å². The summed E-state index contributed by atoms with van der Waals surface area (Å²) >= 11 is 0.993. The van der Waals surface area contributed by atoms with E-state index in [1.54, 1.807) is 0 Å². The van der Waals surface area contributed by atoms with Crippen LogP contribution in [-0.4, -0.2) is 35.1 Å². The molecule has 6 nitrogen and oxygen atoms in total. The van der Waals surface area contributed by atoms with E-state index in [2.05, 4.69) is 10.2 Å². The molecule has 0 saturated heterocycles. The van der Waals surface area contributed by atoms with Gasteiger partial charge < -0.3 is 20.3 Å². The average molecular weight is 503 g/mol. The van der Waals surface area contributed by atoms with E-state index in [1.165, 1.54) is 19.1 Å². The normalized spacial score (nSPS) is 13.5. The summed E-state index contributed by atoms with van der Waals surface area (Å²) in [7, 11) is 0. The Hall–Kier alpha value is -2.83. The molecule has 0 bridgehead atoms. The number of aliphatic hydroxyl groups is 1. The highest BCUT2D eigenvalue weighted by molar-refractivity contribution is 7.14. The molecule has 0 fully saturated rings. The van der Waals surface area contributed by atoms with Crippen molar-refractivity contribution in [2.24, 2.45) is 5.73 Å². The zero-order chi connectivity index (χ0) is 24.9. The number of hydrogen-bond donors (Lipinski definition) is 2. The molecule has 12 heteroatoms. The first-order valence-corrected chi connectivity index (χ1v) is 11.0. The van der Waals surface area contributed by atoms with Crippen molar-refractivity contribution >= 4 is 11.3 Å². The van der Waals surface area contributed by atoms with Crippen LogP contribution in [-0.2, 0) is 11.7 Å². The van der Waals surface area contributed by atoms with E-state index in [0.717, 1.165) is 35.6 Å². The molecule has 3 N–H and O–H groups in total. The van der Waals surface area contributed by atoms with Gasteiger partial charge in [-0.05, 0) is 38.0 Å². The van der Waals surface area contributed by atoms with Gasteiger partial charge in [0, 0.05) is 23.8 Å². The van der Waals surface area contributed by atoms with Crippen molar-refractivity contribution in [1.82, 2.24) is 10.2 Å². The molecule has 2 aromatic carbocycles. The molecule has 1 heterocycles. The van der Waals surface area contributed by atoms with Gasteiger partial charge in [-0.3, -0.25) is 0 Å². The summed E-state index contributed by atoms with van der Waals surface area (Å²) in [6.07, 6.45) is -3.92. The fraction of sp³-hybridized carbons (Fsp3) is 0.364. The highest BCUT2D eigenvalue weighted by atomic mass is 32.1. The third kappa shape index (κ3) is 6.61. The molecule has 1 atom stereocenters. The monoisotopic (exact) mass is 503 g/mol. The number of aliphatic hydroxyl groups excluding tert-OH is 1. The minimum Gasteiger partial charge on any atom is -0.493 e. The van der Waals surface area contributed by atoms with Crippen molar-refractivity contribution in [2.45, 2.75) is 31.5 Å². The first-order valence-electron chi connectivity index (χ1n) is 10.2. The van der Waals surface area contributed by atoms with Crippen LogP contribution in [0.1, 0.15) is 30.3 Å². The van der Waals surface area contributed by atoms with Gasteiger partial charge in [0.2, 0.25) is 0 Å². The number of nitrogens with two attached hydrogens (primary N) is 1. The van der Waals surface area contributed by atoms with Crippen molar-refractivity contribution in [3.63, 3.8) is 0 Å². The number of ether oxygens (including phenoxy) is 2. The van der Waals surface area contributed by atoms with Crippen LogP contribution in [0.5, 0.6) is 11.5 Å². The van der Waals surface area contributed by atoms with E-state index < -0.39 is 35.5 Å². The first-order chi connectivity index (χ1) is 16.0. The average Bonchev–Trinajstić information content (AvgIpc) is 3.26. The largest absolute Gasteiger partial charge is 0.493 e. The van der Waals surface area contributed by atoms with E-state index in [4.69, 9.17) is 15.2 Å². The Morgan fingerprint density at radius 3 is 2.24 bits per heavy atom. The maximum Gasteiger partial charge on any atom is 0.419 e. The fourth-order valence-electron chi connectivity index (χ4n) is 2.84. The van der Waals surface area contributed by atoms with Gasteiger partial charge in [-0.1, -0.05) is 11.3 Å². The Bertz CT molecular complexity index is 1100. The molecule has 0 radical (unpaired) electrons. The molecule has 1 aromatic heterocycles. The minimum absolute atomic E-state index is 0.0196. The number of nitrogens with zero attached hydrogens (tertiary/aromatic N) is 2. The number of benzene rings is 2. The molecule has 3 aromatic rings. The third-order valence-electron chi connectivity index (χ3n) is 4.67. The van der Waals surface area contributed by atoms with Gasteiger partial charge in [0.25, 0.3) is 0 Å². The van der Waals surface area contributed by atoms with Crippen LogP contribution in [0.4, 0.5) is 22.0 Å². The van der Waals surface area contributed by atoms with Crippen molar-refractivity contribution in [3.05, 3.63) is 58.6 Å². The molecule has 0 spiro atoms. The number of unbranched alkanes of at least 4 members (excludes halogenated alkanes) is 1. The molecule has 0 aliphatic heterocycles. The second-order valence-corrected chi connectivity index (χ2v) is 8.68. The molecule has 34 heavy (non-hydrogen) atoms. The molecule has 184 valence electrons. The zero-order valence-corrected chi connectivity index (χ0v) is 18.8. The van der Waals surface area contributed by atoms with E-state index in [0.29, 0.717) is 17.8 Å². The Labute approximate surface area is 196 Å². The number of alkyl halides is 3. The molecular weight excluding hydrogens is 481 g/mol. The van der Waals surface area contributed by atoms with Gasteiger partial charge >= 0.3 is 6.18 Å². The van der Waals surface area contributed by atoms with Gasteiger partial charge in [0.15, 0.2) is 0 Å². The van der Waals surface area contributed by atoms with Crippen LogP contribution in [0.25, 0.3) is 10.6 Å². The zero-order valence-electron chi connectivity index (χ0n) is 18.0. The van der Waals surface area contributed by atoms with Crippen LogP contribution in [0.3, 0.4) is 0 Å². The van der Waals surface area contributed by atoms with Gasteiger partial charge in [-0.25, -0.2) is 8.78 Å². The maximum atomic E-state index is 13.6. The lowest BCUT2D eigenvalue weighted by Crippen LogP contribution is -2.36. The maximum absolute atomic E-state index is 13.6. The van der Waals surface area contributed by atoms with Crippen molar-refractivity contribution in [1.29, 1.82) is 0 Å². The molecule has 0 saturated carbocycles. The molecule has 3 rings (SSSR count). The van der Waals surface area contributed by atoms with Gasteiger partial charge in [-0.15, -0.1) is 10.2 Å². The number of hydrogen-bond acceptors (Lipinski definition) is 7. The smallest absolute Gasteiger partial charge is 0.419 e.